The summed E-state index contributed by atoms with van der Waals surface area (Å²) in [5.41, 5.74) is -0.901. The first-order chi connectivity index (χ1) is 11.2. The predicted octanol–water partition coefficient (Wildman–Crippen LogP) is 1.23. The Morgan fingerprint density at radius 1 is 1.29 bits per heavy atom. The summed E-state index contributed by atoms with van der Waals surface area (Å²) in [5, 5.41) is 2.83. The standard InChI is InChI=1S/C15H21F4N3O2/c1-2-10-7-22(13(24)15(17,18)19)14(3-4-14)8-21(10)12(23)11-5-9(16)6-20-11/h9-11,20H,2-8H2,1H3/t9-,10+,11+/m1/s1. The summed E-state index contributed by atoms with van der Waals surface area (Å²) in [7, 11) is 0. The molecule has 24 heavy (non-hydrogen) atoms. The van der Waals surface area contributed by atoms with E-state index in [2.05, 4.69) is 5.32 Å². The lowest BCUT2D eigenvalue weighted by Gasteiger charge is -2.47. The van der Waals surface area contributed by atoms with E-state index in [1.54, 1.807) is 11.8 Å². The second-order valence-corrected chi connectivity index (χ2v) is 6.96. The van der Waals surface area contributed by atoms with Crippen LogP contribution in [0.25, 0.3) is 0 Å². The van der Waals surface area contributed by atoms with Gasteiger partial charge in [0.1, 0.15) is 6.17 Å². The van der Waals surface area contributed by atoms with Crippen LogP contribution >= 0.6 is 0 Å². The smallest absolute Gasteiger partial charge is 0.334 e. The van der Waals surface area contributed by atoms with Crippen molar-refractivity contribution in [2.24, 2.45) is 0 Å². The molecule has 0 aromatic heterocycles. The average molecular weight is 351 g/mol. The molecule has 1 aliphatic carbocycles. The zero-order chi connectivity index (χ0) is 17.7. The SMILES string of the molecule is CC[C@H]1CN(C(=O)C(F)(F)F)C2(CC2)CN1C(=O)[C@@H]1C[C@@H](F)CN1. The van der Waals surface area contributed by atoms with Crippen molar-refractivity contribution in [1.82, 2.24) is 15.1 Å². The first kappa shape index (κ1) is 17.4. The summed E-state index contributed by atoms with van der Waals surface area (Å²) < 4.78 is 51.9. The van der Waals surface area contributed by atoms with E-state index in [9.17, 15) is 27.2 Å². The minimum Gasteiger partial charge on any atom is -0.334 e. The quantitative estimate of drug-likeness (QED) is 0.762. The van der Waals surface area contributed by atoms with Gasteiger partial charge in [-0.25, -0.2) is 4.39 Å². The third-order valence-electron chi connectivity index (χ3n) is 5.32. The maximum Gasteiger partial charge on any atom is 0.471 e. The van der Waals surface area contributed by atoms with Gasteiger partial charge in [-0.2, -0.15) is 13.2 Å². The Bertz CT molecular complexity index is 535. The van der Waals surface area contributed by atoms with Crippen LogP contribution in [0.2, 0.25) is 0 Å². The van der Waals surface area contributed by atoms with Crippen molar-refractivity contribution in [2.45, 2.75) is 62.6 Å². The van der Waals surface area contributed by atoms with Crippen molar-refractivity contribution in [3.63, 3.8) is 0 Å². The van der Waals surface area contributed by atoms with Gasteiger partial charge < -0.3 is 15.1 Å². The van der Waals surface area contributed by atoms with Gasteiger partial charge in [-0.1, -0.05) is 6.92 Å². The molecule has 5 nitrogen and oxygen atoms in total. The Hall–Kier alpha value is -1.38. The minimum absolute atomic E-state index is 0.0873. The Morgan fingerprint density at radius 3 is 2.42 bits per heavy atom. The molecule has 136 valence electrons. The van der Waals surface area contributed by atoms with Crippen molar-refractivity contribution in [3.05, 3.63) is 0 Å². The number of nitrogens with zero attached hydrogens (tertiary/aromatic N) is 2. The second-order valence-electron chi connectivity index (χ2n) is 6.96. The Morgan fingerprint density at radius 2 is 1.96 bits per heavy atom. The summed E-state index contributed by atoms with van der Waals surface area (Å²) in [6.45, 7) is 1.87. The van der Waals surface area contributed by atoms with Crippen molar-refractivity contribution in [3.8, 4) is 0 Å². The Balaban J connectivity index is 1.78. The van der Waals surface area contributed by atoms with Gasteiger partial charge in [0, 0.05) is 32.1 Å². The van der Waals surface area contributed by atoms with Gasteiger partial charge >= 0.3 is 12.1 Å². The second kappa shape index (κ2) is 5.86. The number of nitrogens with one attached hydrogen (secondary N) is 1. The van der Waals surface area contributed by atoms with Gasteiger partial charge in [0.25, 0.3) is 0 Å². The number of hydrogen-bond acceptors (Lipinski definition) is 3. The molecule has 9 heteroatoms. The Labute approximate surface area is 137 Å². The van der Waals surface area contributed by atoms with Crippen LogP contribution in [0.3, 0.4) is 0 Å². The molecule has 0 bridgehead atoms. The number of carbonyl (C=O) groups is 2. The molecule has 3 atom stereocenters. The van der Waals surface area contributed by atoms with Crippen LogP contribution in [0, 0.1) is 0 Å². The maximum atomic E-state index is 13.3. The molecule has 1 saturated carbocycles. The number of alkyl halides is 4. The highest BCUT2D eigenvalue weighted by molar-refractivity contribution is 5.85. The first-order valence-electron chi connectivity index (χ1n) is 8.24. The Kier molecular flexibility index (Phi) is 4.26. The highest BCUT2D eigenvalue weighted by Crippen LogP contribution is 2.47. The normalized spacial score (nSPS) is 32.3. The summed E-state index contributed by atoms with van der Waals surface area (Å²) in [6, 6.07) is -1.11. The van der Waals surface area contributed by atoms with Crippen LogP contribution in [0.4, 0.5) is 17.6 Å². The molecule has 0 radical (unpaired) electrons. The highest BCUT2D eigenvalue weighted by atomic mass is 19.4. The molecule has 2 amide bonds. The van der Waals surface area contributed by atoms with Gasteiger partial charge in [-0.05, 0) is 19.3 Å². The van der Waals surface area contributed by atoms with Crippen molar-refractivity contribution >= 4 is 11.8 Å². The number of carbonyl (C=O) groups excluding carboxylic acids is 2. The van der Waals surface area contributed by atoms with Gasteiger partial charge in [0.05, 0.1) is 11.6 Å². The zero-order valence-electron chi connectivity index (χ0n) is 13.4. The highest BCUT2D eigenvalue weighted by Gasteiger charge is 2.60. The molecule has 3 rings (SSSR count). The van der Waals surface area contributed by atoms with E-state index >= 15 is 0 Å². The number of halogens is 4. The summed E-state index contributed by atoms with van der Waals surface area (Å²) >= 11 is 0. The molecular weight excluding hydrogens is 330 g/mol. The lowest BCUT2D eigenvalue weighted by Crippen LogP contribution is -2.65. The van der Waals surface area contributed by atoms with Gasteiger partial charge in [0.2, 0.25) is 5.91 Å². The molecule has 0 aromatic rings. The summed E-state index contributed by atoms with van der Waals surface area (Å²) in [5.74, 6) is -2.10. The van der Waals surface area contributed by atoms with Crippen LogP contribution in [-0.2, 0) is 9.59 Å². The van der Waals surface area contributed by atoms with E-state index in [1.165, 1.54) is 0 Å². The summed E-state index contributed by atoms with van der Waals surface area (Å²) in [6.07, 6.45) is -4.55. The number of hydrogen-bond donors (Lipinski definition) is 1. The average Bonchev–Trinajstić information content (AvgIpc) is 3.15. The molecule has 3 aliphatic rings. The van der Waals surface area contributed by atoms with E-state index in [0.717, 1.165) is 4.90 Å². The lowest BCUT2D eigenvalue weighted by molar-refractivity contribution is -0.193. The van der Waals surface area contributed by atoms with Crippen molar-refractivity contribution < 1.29 is 27.2 Å². The van der Waals surface area contributed by atoms with E-state index in [4.69, 9.17) is 0 Å². The van der Waals surface area contributed by atoms with Gasteiger partial charge in [-0.3, -0.25) is 9.59 Å². The van der Waals surface area contributed by atoms with Crippen molar-refractivity contribution in [1.29, 1.82) is 0 Å². The fourth-order valence-electron chi connectivity index (χ4n) is 3.75. The minimum atomic E-state index is -4.91. The molecular formula is C15H21F4N3O2. The van der Waals surface area contributed by atoms with Gasteiger partial charge in [0.15, 0.2) is 0 Å². The fraction of sp³-hybridized carbons (Fsp3) is 0.867. The molecule has 1 N–H and O–H groups in total. The lowest BCUT2D eigenvalue weighted by atomic mass is 10.0. The van der Waals surface area contributed by atoms with E-state index in [0.29, 0.717) is 19.3 Å². The zero-order valence-corrected chi connectivity index (χ0v) is 13.4. The third kappa shape index (κ3) is 2.98. The maximum absolute atomic E-state index is 13.3. The first-order valence-corrected chi connectivity index (χ1v) is 8.24. The van der Waals surface area contributed by atoms with Gasteiger partial charge in [-0.15, -0.1) is 0 Å². The van der Waals surface area contributed by atoms with Crippen LogP contribution in [-0.4, -0.2) is 71.2 Å². The van der Waals surface area contributed by atoms with Crippen LogP contribution in [0.1, 0.15) is 32.6 Å². The molecule has 2 saturated heterocycles. The topological polar surface area (TPSA) is 52.7 Å². The monoisotopic (exact) mass is 351 g/mol. The largest absolute Gasteiger partial charge is 0.471 e. The molecule has 2 heterocycles. The summed E-state index contributed by atoms with van der Waals surface area (Å²) in [4.78, 5) is 26.9. The number of piperazine rings is 1. The van der Waals surface area contributed by atoms with Crippen LogP contribution < -0.4 is 5.32 Å². The van der Waals surface area contributed by atoms with E-state index in [1.807, 2.05) is 0 Å². The third-order valence-corrected chi connectivity index (χ3v) is 5.32. The molecule has 0 aromatic carbocycles. The fourth-order valence-corrected chi connectivity index (χ4v) is 3.75. The molecule has 1 spiro atoms. The van der Waals surface area contributed by atoms with E-state index in [-0.39, 0.29) is 32.0 Å². The van der Waals surface area contributed by atoms with E-state index < -0.39 is 35.9 Å². The molecule has 3 fully saturated rings. The van der Waals surface area contributed by atoms with Crippen LogP contribution in [0.15, 0.2) is 0 Å². The molecule has 2 aliphatic heterocycles. The predicted molar refractivity (Wildman–Crippen MR) is 76.8 cm³/mol. The van der Waals surface area contributed by atoms with Crippen molar-refractivity contribution in [2.75, 3.05) is 19.6 Å². The number of amides is 2. The number of rotatable bonds is 2. The molecule has 0 unspecified atom stereocenters. The van der Waals surface area contributed by atoms with Crippen LogP contribution in [0.5, 0.6) is 0 Å².